The van der Waals surface area contributed by atoms with Crippen LogP contribution in [-0.2, 0) is 9.53 Å². The third kappa shape index (κ3) is 3.42. The van der Waals surface area contributed by atoms with Gasteiger partial charge in [0.05, 0.1) is 6.10 Å². The first-order valence-corrected chi connectivity index (χ1v) is 6.89. The maximum Gasteiger partial charge on any atom is 0.248 e. The van der Waals surface area contributed by atoms with Gasteiger partial charge in [-0.05, 0) is 32.6 Å². The fourth-order valence-electron chi connectivity index (χ4n) is 2.62. The Morgan fingerprint density at radius 3 is 2.59 bits per heavy atom. The van der Waals surface area contributed by atoms with E-state index >= 15 is 0 Å². The van der Waals surface area contributed by atoms with Crippen molar-refractivity contribution in [1.29, 1.82) is 0 Å². The van der Waals surface area contributed by atoms with E-state index in [0.717, 1.165) is 32.2 Å². The zero-order valence-corrected chi connectivity index (χ0v) is 10.7. The van der Waals surface area contributed by atoms with Gasteiger partial charge < -0.3 is 15.4 Å². The molecule has 2 unspecified atom stereocenters. The first-order valence-electron chi connectivity index (χ1n) is 6.89. The van der Waals surface area contributed by atoms with E-state index in [4.69, 9.17) is 10.5 Å². The van der Waals surface area contributed by atoms with Crippen LogP contribution in [0.4, 0.5) is 0 Å². The van der Waals surface area contributed by atoms with Crippen LogP contribution in [-0.4, -0.2) is 42.1 Å². The lowest BCUT2D eigenvalue weighted by molar-refractivity contribution is -0.139. The first-order chi connectivity index (χ1) is 8.22. The first kappa shape index (κ1) is 12.8. The van der Waals surface area contributed by atoms with Crippen LogP contribution in [0.1, 0.15) is 45.4 Å². The molecule has 0 aromatic heterocycles. The standard InChI is InChI=1S/C13H24N2O2/c1-2-15(10-7-8-10)13(16)9-17-12-6-4-3-5-11(12)14/h10-12H,2-9,14H2,1H3. The Labute approximate surface area is 103 Å². The van der Waals surface area contributed by atoms with Gasteiger partial charge >= 0.3 is 0 Å². The van der Waals surface area contributed by atoms with Crippen LogP contribution < -0.4 is 5.73 Å². The Morgan fingerprint density at radius 2 is 2.00 bits per heavy atom. The van der Waals surface area contributed by atoms with Crippen molar-refractivity contribution in [1.82, 2.24) is 4.90 Å². The molecule has 0 bridgehead atoms. The number of rotatable bonds is 5. The van der Waals surface area contributed by atoms with E-state index in [1.807, 2.05) is 11.8 Å². The van der Waals surface area contributed by atoms with Crippen LogP contribution in [0, 0.1) is 0 Å². The topological polar surface area (TPSA) is 55.6 Å². The molecule has 2 rings (SSSR count). The highest BCUT2D eigenvalue weighted by atomic mass is 16.5. The van der Waals surface area contributed by atoms with E-state index in [-0.39, 0.29) is 24.7 Å². The predicted octanol–water partition coefficient (Wildman–Crippen LogP) is 1.28. The number of ether oxygens (including phenoxy) is 1. The van der Waals surface area contributed by atoms with Gasteiger partial charge in [-0.1, -0.05) is 12.8 Å². The van der Waals surface area contributed by atoms with Gasteiger partial charge in [0, 0.05) is 18.6 Å². The summed E-state index contributed by atoms with van der Waals surface area (Å²) in [5.74, 6) is 0.132. The van der Waals surface area contributed by atoms with E-state index in [0.29, 0.717) is 6.04 Å². The summed E-state index contributed by atoms with van der Waals surface area (Å²) in [5, 5.41) is 0. The second kappa shape index (κ2) is 5.83. The zero-order chi connectivity index (χ0) is 12.3. The Hall–Kier alpha value is -0.610. The number of nitrogens with two attached hydrogens (primary N) is 1. The largest absolute Gasteiger partial charge is 0.367 e. The van der Waals surface area contributed by atoms with Crippen molar-refractivity contribution in [2.24, 2.45) is 5.73 Å². The van der Waals surface area contributed by atoms with Crippen molar-refractivity contribution in [2.45, 2.75) is 63.6 Å². The van der Waals surface area contributed by atoms with Gasteiger partial charge in [0.2, 0.25) is 5.91 Å². The molecule has 0 aliphatic heterocycles. The fourth-order valence-corrected chi connectivity index (χ4v) is 2.62. The van der Waals surface area contributed by atoms with Crippen LogP contribution in [0.3, 0.4) is 0 Å². The maximum atomic E-state index is 12.0. The number of nitrogens with zero attached hydrogens (tertiary/aromatic N) is 1. The highest BCUT2D eigenvalue weighted by Crippen LogP contribution is 2.27. The van der Waals surface area contributed by atoms with Crippen molar-refractivity contribution >= 4 is 5.91 Å². The SMILES string of the molecule is CCN(C(=O)COC1CCCCC1N)C1CC1. The summed E-state index contributed by atoms with van der Waals surface area (Å²) in [5.41, 5.74) is 6.00. The molecule has 2 atom stereocenters. The number of carbonyl (C=O) groups is 1. The van der Waals surface area contributed by atoms with Crippen molar-refractivity contribution in [3.05, 3.63) is 0 Å². The number of hydrogen-bond donors (Lipinski definition) is 1. The molecule has 2 aliphatic carbocycles. The van der Waals surface area contributed by atoms with Crippen molar-refractivity contribution in [2.75, 3.05) is 13.2 Å². The van der Waals surface area contributed by atoms with E-state index in [1.54, 1.807) is 0 Å². The number of likely N-dealkylation sites (N-methyl/N-ethyl adjacent to an activating group) is 1. The van der Waals surface area contributed by atoms with E-state index in [9.17, 15) is 4.79 Å². The van der Waals surface area contributed by atoms with Gasteiger partial charge in [-0.2, -0.15) is 0 Å². The molecule has 0 heterocycles. The molecule has 2 aliphatic rings. The lowest BCUT2D eigenvalue weighted by atomic mass is 9.93. The quantitative estimate of drug-likeness (QED) is 0.787. The Kier molecular flexibility index (Phi) is 4.40. The molecule has 4 nitrogen and oxygen atoms in total. The summed E-state index contributed by atoms with van der Waals surface area (Å²) in [4.78, 5) is 13.9. The molecule has 0 radical (unpaired) electrons. The number of hydrogen-bond acceptors (Lipinski definition) is 3. The minimum absolute atomic E-state index is 0.0885. The average molecular weight is 240 g/mol. The van der Waals surface area contributed by atoms with Crippen molar-refractivity contribution < 1.29 is 9.53 Å². The normalized spacial score (nSPS) is 29.1. The predicted molar refractivity (Wildman–Crippen MR) is 66.6 cm³/mol. The fraction of sp³-hybridized carbons (Fsp3) is 0.923. The highest BCUT2D eigenvalue weighted by molar-refractivity contribution is 5.78. The summed E-state index contributed by atoms with van der Waals surface area (Å²) in [6, 6.07) is 0.601. The summed E-state index contributed by atoms with van der Waals surface area (Å²) in [6.45, 7) is 3.04. The minimum Gasteiger partial charge on any atom is -0.367 e. The maximum absolute atomic E-state index is 12.0. The van der Waals surface area contributed by atoms with Gasteiger partial charge in [0.1, 0.15) is 6.61 Å². The molecule has 17 heavy (non-hydrogen) atoms. The van der Waals surface area contributed by atoms with E-state index < -0.39 is 0 Å². The Morgan fingerprint density at radius 1 is 1.29 bits per heavy atom. The molecule has 0 aromatic carbocycles. The van der Waals surface area contributed by atoms with E-state index in [1.165, 1.54) is 12.8 Å². The molecule has 0 saturated heterocycles. The minimum atomic E-state index is 0.0885. The monoisotopic (exact) mass is 240 g/mol. The summed E-state index contributed by atoms with van der Waals surface area (Å²) in [7, 11) is 0. The molecule has 2 saturated carbocycles. The van der Waals surface area contributed by atoms with E-state index in [2.05, 4.69) is 0 Å². The smallest absolute Gasteiger partial charge is 0.248 e. The summed E-state index contributed by atoms with van der Waals surface area (Å²) >= 11 is 0. The Bertz CT molecular complexity index is 266. The average Bonchev–Trinajstić information content (AvgIpc) is 3.13. The summed E-state index contributed by atoms with van der Waals surface area (Å²) in [6.07, 6.45) is 6.80. The van der Waals surface area contributed by atoms with Gasteiger partial charge in [0.25, 0.3) is 0 Å². The third-order valence-corrected chi connectivity index (χ3v) is 3.82. The number of amides is 1. The number of carbonyl (C=O) groups excluding carboxylic acids is 1. The van der Waals surface area contributed by atoms with Gasteiger partial charge in [-0.15, -0.1) is 0 Å². The molecule has 98 valence electrons. The van der Waals surface area contributed by atoms with Gasteiger partial charge in [0.15, 0.2) is 0 Å². The molecular formula is C13H24N2O2. The van der Waals surface area contributed by atoms with Crippen LogP contribution in [0.2, 0.25) is 0 Å². The zero-order valence-electron chi connectivity index (χ0n) is 10.7. The molecule has 0 spiro atoms. The second-order valence-electron chi connectivity index (χ2n) is 5.21. The van der Waals surface area contributed by atoms with Crippen LogP contribution in [0.5, 0.6) is 0 Å². The van der Waals surface area contributed by atoms with Gasteiger partial charge in [-0.3, -0.25) is 4.79 Å². The molecule has 2 fully saturated rings. The molecule has 1 amide bonds. The highest BCUT2D eigenvalue weighted by Gasteiger charge is 2.32. The molecule has 0 aromatic rings. The Balaban J connectivity index is 1.74. The summed E-state index contributed by atoms with van der Waals surface area (Å²) < 4.78 is 5.70. The molecule has 4 heteroatoms. The van der Waals surface area contributed by atoms with Gasteiger partial charge in [-0.25, -0.2) is 0 Å². The van der Waals surface area contributed by atoms with Crippen molar-refractivity contribution in [3.8, 4) is 0 Å². The lowest BCUT2D eigenvalue weighted by Crippen LogP contribution is -2.42. The van der Waals surface area contributed by atoms with Crippen molar-refractivity contribution in [3.63, 3.8) is 0 Å². The molecular weight excluding hydrogens is 216 g/mol. The third-order valence-electron chi connectivity index (χ3n) is 3.82. The second-order valence-corrected chi connectivity index (χ2v) is 5.21. The van der Waals surface area contributed by atoms with Crippen LogP contribution in [0.25, 0.3) is 0 Å². The van der Waals surface area contributed by atoms with Crippen LogP contribution >= 0.6 is 0 Å². The molecule has 2 N–H and O–H groups in total. The van der Waals surface area contributed by atoms with Crippen LogP contribution in [0.15, 0.2) is 0 Å². The lowest BCUT2D eigenvalue weighted by Gasteiger charge is -2.29.